The van der Waals surface area contributed by atoms with Crippen molar-refractivity contribution in [3.05, 3.63) is 28.2 Å². The maximum Gasteiger partial charge on any atom is 0.154 e. The molecule has 1 heterocycles. The smallest absolute Gasteiger partial charge is 0.154 e. The minimum absolute atomic E-state index is 0.139. The summed E-state index contributed by atoms with van der Waals surface area (Å²) in [4.78, 5) is 0. The van der Waals surface area contributed by atoms with Crippen LogP contribution in [0.25, 0.3) is 0 Å². The molecular formula is C13H17BrO3S. The van der Waals surface area contributed by atoms with Crippen molar-refractivity contribution in [1.29, 1.82) is 0 Å². The molecule has 1 unspecified atom stereocenters. The van der Waals surface area contributed by atoms with Gasteiger partial charge in [0.1, 0.15) is 11.9 Å². The first-order valence-corrected chi connectivity index (χ1v) is 8.65. The lowest BCUT2D eigenvalue weighted by atomic mass is 10.0. The van der Waals surface area contributed by atoms with E-state index in [0.717, 1.165) is 15.8 Å². The van der Waals surface area contributed by atoms with E-state index in [4.69, 9.17) is 4.74 Å². The molecule has 1 fully saturated rings. The fourth-order valence-electron chi connectivity index (χ4n) is 2.11. The predicted octanol–water partition coefficient (Wildman–Crippen LogP) is 3.14. The number of sulfone groups is 1. The predicted molar refractivity (Wildman–Crippen MR) is 75.9 cm³/mol. The molecule has 18 heavy (non-hydrogen) atoms. The fraction of sp³-hybridized carbons (Fsp3) is 0.538. The third kappa shape index (κ3) is 3.26. The Hall–Kier alpha value is -0.550. The molecule has 100 valence electrons. The molecule has 1 aromatic rings. The van der Waals surface area contributed by atoms with Crippen molar-refractivity contribution >= 4 is 25.8 Å². The van der Waals surface area contributed by atoms with Gasteiger partial charge in [0.25, 0.3) is 0 Å². The molecule has 0 N–H and O–H groups in total. The van der Waals surface area contributed by atoms with Crippen LogP contribution in [0.5, 0.6) is 5.75 Å². The summed E-state index contributed by atoms with van der Waals surface area (Å²) >= 11 is 3.44. The van der Waals surface area contributed by atoms with Gasteiger partial charge in [-0.3, -0.25) is 0 Å². The quantitative estimate of drug-likeness (QED) is 0.853. The zero-order valence-electron chi connectivity index (χ0n) is 10.5. The number of rotatable bonds is 3. The second-order valence-corrected chi connectivity index (χ2v) is 8.12. The molecule has 0 saturated carbocycles. The van der Waals surface area contributed by atoms with Crippen molar-refractivity contribution in [3.63, 3.8) is 0 Å². The summed E-state index contributed by atoms with van der Waals surface area (Å²) in [7, 11) is -2.89. The van der Waals surface area contributed by atoms with E-state index >= 15 is 0 Å². The summed E-state index contributed by atoms with van der Waals surface area (Å²) in [5.74, 6) is 1.53. The Kier molecular flexibility index (Phi) is 4.02. The maximum absolute atomic E-state index is 11.4. The molecule has 1 aliphatic rings. The number of halogens is 1. The second-order valence-electron chi connectivity index (χ2n) is 4.98. The van der Waals surface area contributed by atoms with Crippen LogP contribution in [0.4, 0.5) is 0 Å². The average molecular weight is 333 g/mol. The molecule has 0 bridgehead atoms. The van der Waals surface area contributed by atoms with Crippen LogP contribution in [0.2, 0.25) is 0 Å². The van der Waals surface area contributed by atoms with E-state index in [1.165, 1.54) is 0 Å². The summed E-state index contributed by atoms with van der Waals surface area (Å²) in [6, 6.07) is 5.86. The molecular weight excluding hydrogens is 316 g/mol. The van der Waals surface area contributed by atoms with Crippen molar-refractivity contribution in [2.75, 3.05) is 11.5 Å². The number of hydrogen-bond donors (Lipinski definition) is 0. The van der Waals surface area contributed by atoms with E-state index in [1.807, 2.05) is 18.2 Å². The standard InChI is InChI=1S/C13H17BrO3S/c1-9(2)12-7-10(14)3-4-13(12)17-11-5-6-18(15,16)8-11/h3-4,7,9,11H,5-6,8H2,1-2H3. The number of hydrogen-bond acceptors (Lipinski definition) is 3. The van der Waals surface area contributed by atoms with Gasteiger partial charge in [0.2, 0.25) is 0 Å². The SMILES string of the molecule is CC(C)c1cc(Br)ccc1OC1CCS(=O)(=O)C1. The summed E-state index contributed by atoms with van der Waals surface area (Å²) in [5.41, 5.74) is 1.11. The van der Waals surface area contributed by atoms with Gasteiger partial charge in [0, 0.05) is 4.47 Å². The molecule has 3 nitrogen and oxygen atoms in total. The van der Waals surface area contributed by atoms with Crippen LogP contribution < -0.4 is 4.74 Å². The lowest BCUT2D eigenvalue weighted by Gasteiger charge is -2.18. The highest BCUT2D eigenvalue weighted by Crippen LogP contribution is 2.31. The lowest BCUT2D eigenvalue weighted by Crippen LogP contribution is -2.18. The second kappa shape index (κ2) is 5.21. The lowest BCUT2D eigenvalue weighted by molar-refractivity contribution is 0.226. The molecule has 1 atom stereocenters. The molecule has 1 saturated heterocycles. The van der Waals surface area contributed by atoms with Gasteiger partial charge < -0.3 is 4.74 Å². The van der Waals surface area contributed by atoms with Crippen molar-refractivity contribution in [2.45, 2.75) is 32.3 Å². The van der Waals surface area contributed by atoms with Crippen molar-refractivity contribution in [2.24, 2.45) is 0 Å². The highest BCUT2D eigenvalue weighted by atomic mass is 79.9. The van der Waals surface area contributed by atoms with Crippen LogP contribution in [0.3, 0.4) is 0 Å². The van der Waals surface area contributed by atoms with Crippen LogP contribution >= 0.6 is 15.9 Å². The van der Waals surface area contributed by atoms with Crippen LogP contribution in [-0.4, -0.2) is 26.0 Å². The first-order chi connectivity index (χ1) is 8.37. The Bertz CT molecular complexity index is 537. The van der Waals surface area contributed by atoms with Crippen LogP contribution in [0.1, 0.15) is 31.7 Å². The minimum Gasteiger partial charge on any atom is -0.489 e. The topological polar surface area (TPSA) is 43.4 Å². The largest absolute Gasteiger partial charge is 0.489 e. The van der Waals surface area contributed by atoms with Gasteiger partial charge >= 0.3 is 0 Å². The Labute approximate surface area is 117 Å². The average Bonchev–Trinajstić information content (AvgIpc) is 2.60. The summed E-state index contributed by atoms with van der Waals surface area (Å²) in [6.45, 7) is 4.19. The number of benzene rings is 1. The third-order valence-electron chi connectivity index (χ3n) is 3.08. The van der Waals surface area contributed by atoms with E-state index in [9.17, 15) is 8.42 Å². The highest BCUT2D eigenvalue weighted by Gasteiger charge is 2.29. The molecule has 1 aliphatic heterocycles. The van der Waals surface area contributed by atoms with Gasteiger partial charge in [-0.05, 0) is 36.1 Å². The molecule has 0 aromatic heterocycles. The zero-order valence-corrected chi connectivity index (χ0v) is 12.9. The van der Waals surface area contributed by atoms with Gasteiger partial charge in [-0.25, -0.2) is 8.42 Å². The Morgan fingerprint density at radius 2 is 2.11 bits per heavy atom. The van der Waals surface area contributed by atoms with Crippen molar-refractivity contribution in [1.82, 2.24) is 0 Å². The van der Waals surface area contributed by atoms with Crippen LogP contribution in [0.15, 0.2) is 22.7 Å². The van der Waals surface area contributed by atoms with E-state index < -0.39 is 9.84 Å². The molecule has 0 aliphatic carbocycles. The molecule has 1 aromatic carbocycles. The molecule has 0 spiro atoms. The molecule has 5 heteroatoms. The van der Waals surface area contributed by atoms with Crippen LogP contribution in [-0.2, 0) is 9.84 Å². The number of ether oxygens (including phenoxy) is 1. The van der Waals surface area contributed by atoms with Gasteiger partial charge in [0.05, 0.1) is 11.5 Å². The minimum atomic E-state index is -2.89. The Balaban J connectivity index is 2.19. The van der Waals surface area contributed by atoms with Crippen molar-refractivity contribution in [3.8, 4) is 5.75 Å². The summed E-state index contributed by atoms with van der Waals surface area (Å²) in [6.07, 6.45) is 0.393. The van der Waals surface area contributed by atoms with E-state index in [2.05, 4.69) is 29.8 Å². The fourth-order valence-corrected chi connectivity index (χ4v) is 4.08. The first kappa shape index (κ1) is 13.9. The molecule has 2 rings (SSSR count). The molecule has 0 amide bonds. The summed E-state index contributed by atoms with van der Waals surface area (Å²) in [5, 5.41) is 0. The Morgan fingerprint density at radius 1 is 1.39 bits per heavy atom. The Morgan fingerprint density at radius 3 is 2.67 bits per heavy atom. The molecule has 0 radical (unpaired) electrons. The normalized spacial score (nSPS) is 22.3. The highest BCUT2D eigenvalue weighted by molar-refractivity contribution is 9.10. The third-order valence-corrected chi connectivity index (χ3v) is 5.31. The first-order valence-electron chi connectivity index (χ1n) is 6.04. The van der Waals surface area contributed by atoms with E-state index in [1.54, 1.807) is 0 Å². The monoisotopic (exact) mass is 332 g/mol. The van der Waals surface area contributed by atoms with Gasteiger partial charge in [-0.1, -0.05) is 29.8 Å². The maximum atomic E-state index is 11.4. The summed E-state index contributed by atoms with van der Waals surface area (Å²) < 4.78 is 29.7. The van der Waals surface area contributed by atoms with Crippen LogP contribution in [0, 0.1) is 0 Å². The van der Waals surface area contributed by atoms with Gasteiger partial charge in [-0.15, -0.1) is 0 Å². The van der Waals surface area contributed by atoms with Gasteiger partial charge in [-0.2, -0.15) is 0 Å². The van der Waals surface area contributed by atoms with E-state index in [0.29, 0.717) is 12.3 Å². The zero-order chi connectivity index (χ0) is 13.3. The van der Waals surface area contributed by atoms with Crippen molar-refractivity contribution < 1.29 is 13.2 Å². The van der Waals surface area contributed by atoms with E-state index in [-0.39, 0.29) is 17.6 Å². The van der Waals surface area contributed by atoms with Gasteiger partial charge in [0.15, 0.2) is 9.84 Å².